The summed E-state index contributed by atoms with van der Waals surface area (Å²) in [5.41, 5.74) is 0.458. The molecule has 0 aliphatic rings. The van der Waals surface area contributed by atoms with Crippen molar-refractivity contribution in [3.63, 3.8) is 0 Å². The summed E-state index contributed by atoms with van der Waals surface area (Å²) < 4.78 is 0. The Morgan fingerprint density at radius 3 is 2.94 bits per heavy atom. The molecule has 0 aliphatic carbocycles. The first-order chi connectivity index (χ1) is 7.57. The van der Waals surface area contributed by atoms with Crippen LogP contribution >= 0.6 is 23.4 Å². The summed E-state index contributed by atoms with van der Waals surface area (Å²) in [5.74, 6) is 0.819. The summed E-state index contributed by atoms with van der Waals surface area (Å²) in [5, 5.41) is 0.447. The van der Waals surface area contributed by atoms with E-state index in [1.807, 2.05) is 13.2 Å². The molecule has 0 saturated carbocycles. The number of thioether (sulfide) groups is 1. The number of aromatic nitrogens is 1. The normalized spacial score (nSPS) is 12.2. The Hall–Kier alpha value is -0.740. The van der Waals surface area contributed by atoms with Crippen molar-refractivity contribution < 1.29 is 4.79 Å². The topological polar surface area (TPSA) is 33.2 Å². The summed E-state index contributed by atoms with van der Waals surface area (Å²) >= 11 is 7.66. The summed E-state index contributed by atoms with van der Waals surface area (Å²) in [4.78, 5) is 17.7. The highest BCUT2D eigenvalue weighted by Gasteiger charge is 2.19. The molecular formula is C11H15ClN2OS. The summed E-state index contributed by atoms with van der Waals surface area (Å²) in [6.45, 7) is 2.01. The molecule has 0 N–H and O–H groups in total. The van der Waals surface area contributed by atoms with Crippen LogP contribution in [0.3, 0.4) is 0 Å². The van der Waals surface area contributed by atoms with Gasteiger partial charge in [0.05, 0.1) is 10.6 Å². The second-order valence-corrected chi connectivity index (χ2v) is 4.89. The van der Waals surface area contributed by atoms with Gasteiger partial charge >= 0.3 is 0 Å². The molecule has 1 unspecified atom stereocenters. The molecule has 1 rings (SSSR count). The molecule has 0 spiro atoms. The highest BCUT2D eigenvalue weighted by molar-refractivity contribution is 7.98. The van der Waals surface area contributed by atoms with E-state index in [0.29, 0.717) is 10.6 Å². The zero-order chi connectivity index (χ0) is 12.1. The third-order valence-corrected chi connectivity index (χ3v) is 3.53. The minimum atomic E-state index is -0.0837. The van der Waals surface area contributed by atoms with E-state index in [4.69, 9.17) is 11.6 Å². The van der Waals surface area contributed by atoms with Crippen molar-refractivity contribution in [3.8, 4) is 0 Å². The van der Waals surface area contributed by atoms with E-state index in [0.717, 1.165) is 5.75 Å². The van der Waals surface area contributed by atoms with Crippen LogP contribution in [0.2, 0.25) is 5.02 Å². The van der Waals surface area contributed by atoms with Crippen LogP contribution in [0.25, 0.3) is 0 Å². The zero-order valence-electron chi connectivity index (χ0n) is 9.61. The standard InChI is InChI=1S/C11H15ClN2OS/c1-8(7-16-3)14(2)11(15)9-6-13-5-4-10(9)12/h4-6,8H,7H2,1-3H3. The lowest BCUT2D eigenvalue weighted by Crippen LogP contribution is -2.36. The van der Waals surface area contributed by atoms with Gasteiger partial charge in [-0.15, -0.1) is 0 Å². The number of carbonyl (C=O) groups excluding carboxylic acids is 1. The molecule has 16 heavy (non-hydrogen) atoms. The highest BCUT2D eigenvalue weighted by Crippen LogP contribution is 2.17. The summed E-state index contributed by atoms with van der Waals surface area (Å²) in [6.07, 6.45) is 5.10. The maximum Gasteiger partial charge on any atom is 0.256 e. The molecule has 0 aromatic carbocycles. The number of hydrogen-bond donors (Lipinski definition) is 0. The average Bonchev–Trinajstić information content (AvgIpc) is 2.28. The quantitative estimate of drug-likeness (QED) is 0.832. The third kappa shape index (κ3) is 3.12. The van der Waals surface area contributed by atoms with Gasteiger partial charge in [0.15, 0.2) is 0 Å². The zero-order valence-corrected chi connectivity index (χ0v) is 11.2. The average molecular weight is 259 g/mol. The Labute approximate surface area is 105 Å². The van der Waals surface area contributed by atoms with Crippen molar-refractivity contribution >= 4 is 29.3 Å². The molecular weight excluding hydrogens is 244 g/mol. The molecule has 1 amide bonds. The van der Waals surface area contributed by atoms with Crippen molar-refractivity contribution in [3.05, 3.63) is 29.0 Å². The van der Waals surface area contributed by atoms with Crippen LogP contribution in [0.4, 0.5) is 0 Å². The lowest BCUT2D eigenvalue weighted by Gasteiger charge is -2.24. The van der Waals surface area contributed by atoms with Gasteiger partial charge in [0.2, 0.25) is 0 Å². The molecule has 88 valence electrons. The van der Waals surface area contributed by atoms with Gasteiger partial charge in [-0.1, -0.05) is 11.6 Å². The number of rotatable bonds is 4. The smallest absolute Gasteiger partial charge is 0.256 e. The van der Waals surface area contributed by atoms with Crippen molar-refractivity contribution in [2.24, 2.45) is 0 Å². The fraction of sp³-hybridized carbons (Fsp3) is 0.455. The van der Waals surface area contributed by atoms with Crippen molar-refractivity contribution in [2.75, 3.05) is 19.1 Å². The number of halogens is 1. The van der Waals surface area contributed by atoms with E-state index in [1.54, 1.807) is 36.0 Å². The van der Waals surface area contributed by atoms with Crippen molar-refractivity contribution in [2.45, 2.75) is 13.0 Å². The number of amides is 1. The van der Waals surface area contributed by atoms with Crippen molar-refractivity contribution in [1.29, 1.82) is 0 Å². The van der Waals surface area contributed by atoms with Crippen LogP contribution in [-0.2, 0) is 0 Å². The predicted octanol–water partition coefficient (Wildman–Crippen LogP) is 2.56. The SMILES string of the molecule is CSCC(C)N(C)C(=O)c1cnccc1Cl. The monoisotopic (exact) mass is 258 g/mol. The summed E-state index contributed by atoms with van der Waals surface area (Å²) in [7, 11) is 1.78. The van der Waals surface area contributed by atoms with Crippen LogP contribution in [0.15, 0.2) is 18.5 Å². The molecule has 0 saturated heterocycles. The second-order valence-electron chi connectivity index (χ2n) is 3.58. The maximum absolute atomic E-state index is 12.1. The third-order valence-electron chi connectivity index (χ3n) is 2.39. The number of pyridine rings is 1. The summed E-state index contributed by atoms with van der Waals surface area (Å²) in [6, 6.07) is 1.81. The van der Waals surface area contributed by atoms with Gasteiger partial charge < -0.3 is 4.90 Å². The molecule has 1 heterocycles. The largest absolute Gasteiger partial charge is 0.338 e. The molecule has 0 fully saturated rings. The molecule has 0 aliphatic heterocycles. The van der Waals surface area contributed by atoms with E-state index >= 15 is 0 Å². The Kier molecular flexibility index (Phi) is 5.09. The van der Waals surface area contributed by atoms with E-state index in [1.165, 1.54) is 6.20 Å². The lowest BCUT2D eigenvalue weighted by molar-refractivity contribution is 0.0757. The molecule has 5 heteroatoms. The van der Waals surface area contributed by atoms with Crippen molar-refractivity contribution in [1.82, 2.24) is 9.88 Å². The van der Waals surface area contributed by atoms with Gasteiger partial charge in [-0.25, -0.2) is 0 Å². The van der Waals surface area contributed by atoms with Crippen LogP contribution in [-0.4, -0.2) is 40.9 Å². The van der Waals surface area contributed by atoms with Crippen LogP contribution < -0.4 is 0 Å². The maximum atomic E-state index is 12.1. The van der Waals surface area contributed by atoms with Gasteiger partial charge in [-0.2, -0.15) is 11.8 Å². The van der Waals surface area contributed by atoms with E-state index in [-0.39, 0.29) is 11.9 Å². The van der Waals surface area contributed by atoms with E-state index in [2.05, 4.69) is 4.98 Å². The fourth-order valence-corrected chi connectivity index (χ4v) is 2.17. The van der Waals surface area contributed by atoms with Gasteiger partial charge in [0.1, 0.15) is 0 Å². The number of hydrogen-bond acceptors (Lipinski definition) is 3. The van der Waals surface area contributed by atoms with Gasteiger partial charge in [-0.05, 0) is 19.2 Å². The molecule has 1 atom stereocenters. The second kappa shape index (κ2) is 6.11. The van der Waals surface area contributed by atoms with E-state index < -0.39 is 0 Å². The molecule has 3 nitrogen and oxygen atoms in total. The molecule has 1 aromatic rings. The molecule has 0 radical (unpaired) electrons. The first kappa shape index (κ1) is 13.3. The predicted molar refractivity (Wildman–Crippen MR) is 69.2 cm³/mol. The van der Waals surface area contributed by atoms with Crippen LogP contribution in [0.5, 0.6) is 0 Å². The Morgan fingerprint density at radius 1 is 1.69 bits per heavy atom. The van der Waals surface area contributed by atoms with E-state index in [9.17, 15) is 4.79 Å². The fourth-order valence-electron chi connectivity index (χ4n) is 1.28. The highest BCUT2D eigenvalue weighted by atomic mass is 35.5. The van der Waals surface area contributed by atoms with Gasteiger partial charge in [0, 0.05) is 31.2 Å². The first-order valence-electron chi connectivity index (χ1n) is 4.93. The molecule has 0 bridgehead atoms. The number of nitrogens with zero attached hydrogens (tertiary/aromatic N) is 2. The lowest BCUT2D eigenvalue weighted by atomic mass is 10.2. The molecule has 1 aromatic heterocycles. The number of carbonyl (C=O) groups is 1. The van der Waals surface area contributed by atoms with Gasteiger partial charge in [-0.3, -0.25) is 9.78 Å². The van der Waals surface area contributed by atoms with Crippen LogP contribution in [0, 0.1) is 0 Å². The minimum Gasteiger partial charge on any atom is -0.338 e. The Balaban J connectivity index is 2.82. The Morgan fingerprint density at radius 2 is 2.38 bits per heavy atom. The van der Waals surface area contributed by atoms with Gasteiger partial charge in [0.25, 0.3) is 5.91 Å². The van der Waals surface area contributed by atoms with Crippen LogP contribution in [0.1, 0.15) is 17.3 Å². The first-order valence-corrected chi connectivity index (χ1v) is 6.70. The minimum absolute atomic E-state index is 0.0837. The Bertz CT molecular complexity index is 373.